The molecule has 1 amide bonds. The fourth-order valence-electron chi connectivity index (χ4n) is 3.96. The minimum atomic E-state index is -4.14. The van der Waals surface area contributed by atoms with Crippen molar-refractivity contribution in [3.8, 4) is 16.9 Å². The molecule has 1 aliphatic rings. The molecule has 3 heterocycles. The lowest BCUT2D eigenvalue weighted by atomic mass is 10.0. The van der Waals surface area contributed by atoms with Crippen LogP contribution in [0.2, 0.25) is 0 Å². The van der Waals surface area contributed by atoms with Gasteiger partial charge in [-0.3, -0.25) is 4.79 Å². The van der Waals surface area contributed by atoms with Gasteiger partial charge in [0.1, 0.15) is 30.4 Å². The molecule has 0 fully saturated rings. The standard InChI is InChI=1S/C24H25FN4O7S/c1-15(30)35-11-12-36-24(31)28-37(32,33)29-9-6-16(7-10-29)21-14-20-18(5-8-26-23(20)27-21)19-13-17(25)3-4-22(19)34-2/h3-6,8,13-14H,7,9-12H2,1-2H3,(H,26,27)(H,28,31). The number of H-pyrrole nitrogens is 1. The molecule has 2 N–H and O–H groups in total. The predicted octanol–water partition coefficient (Wildman–Crippen LogP) is 3.00. The minimum Gasteiger partial charge on any atom is -0.496 e. The van der Waals surface area contributed by atoms with Gasteiger partial charge in [-0.25, -0.2) is 18.9 Å². The number of carbonyl (C=O) groups excluding carboxylic acids is 2. The van der Waals surface area contributed by atoms with Crippen LogP contribution in [0.15, 0.2) is 42.6 Å². The Morgan fingerprint density at radius 2 is 1.95 bits per heavy atom. The van der Waals surface area contributed by atoms with Crippen LogP contribution in [-0.4, -0.2) is 68.2 Å². The zero-order valence-corrected chi connectivity index (χ0v) is 20.9. The van der Waals surface area contributed by atoms with E-state index in [2.05, 4.69) is 14.7 Å². The highest BCUT2D eigenvalue weighted by molar-refractivity contribution is 7.87. The Hall–Kier alpha value is -3.97. The molecule has 0 saturated heterocycles. The highest BCUT2D eigenvalue weighted by Gasteiger charge is 2.27. The van der Waals surface area contributed by atoms with Gasteiger partial charge in [0.15, 0.2) is 0 Å². The van der Waals surface area contributed by atoms with Gasteiger partial charge in [-0.05, 0) is 47.9 Å². The zero-order valence-electron chi connectivity index (χ0n) is 20.1. The molecule has 196 valence electrons. The number of aromatic amines is 1. The van der Waals surface area contributed by atoms with Crippen LogP contribution in [-0.2, 0) is 24.5 Å². The first-order chi connectivity index (χ1) is 17.7. The molecule has 0 saturated carbocycles. The number of hydrogen-bond acceptors (Lipinski definition) is 8. The normalized spacial score (nSPS) is 14.2. The van der Waals surface area contributed by atoms with E-state index < -0.39 is 28.1 Å². The SMILES string of the molecule is COc1ccc(F)cc1-c1ccnc2[nH]c(C3=CCN(S(=O)(=O)NC(=O)OCCOC(C)=O)CC3)cc12. The quantitative estimate of drug-likeness (QED) is 0.333. The van der Waals surface area contributed by atoms with Crippen molar-refractivity contribution in [2.45, 2.75) is 13.3 Å². The highest BCUT2D eigenvalue weighted by atomic mass is 32.2. The summed E-state index contributed by atoms with van der Waals surface area (Å²) in [6.45, 7) is 0.901. The van der Waals surface area contributed by atoms with E-state index in [1.807, 2.05) is 10.8 Å². The van der Waals surface area contributed by atoms with E-state index in [4.69, 9.17) is 9.47 Å². The number of rotatable bonds is 8. The van der Waals surface area contributed by atoms with Crippen LogP contribution in [0.3, 0.4) is 0 Å². The summed E-state index contributed by atoms with van der Waals surface area (Å²) in [5.41, 5.74) is 3.53. The van der Waals surface area contributed by atoms with Gasteiger partial charge in [0.2, 0.25) is 0 Å². The molecular formula is C24H25FN4O7S. The van der Waals surface area contributed by atoms with Gasteiger partial charge in [-0.2, -0.15) is 12.7 Å². The number of fused-ring (bicyclic) bond motifs is 1. The summed E-state index contributed by atoms with van der Waals surface area (Å²) in [6, 6.07) is 7.95. The fourth-order valence-corrected chi connectivity index (χ4v) is 4.96. The number of hydrogen-bond donors (Lipinski definition) is 2. The monoisotopic (exact) mass is 532 g/mol. The van der Waals surface area contributed by atoms with Crippen molar-refractivity contribution in [3.05, 3.63) is 54.1 Å². The summed E-state index contributed by atoms with van der Waals surface area (Å²) in [5.74, 6) is -0.412. The third-order valence-corrected chi connectivity index (χ3v) is 7.11. The first-order valence-electron chi connectivity index (χ1n) is 11.3. The van der Waals surface area contributed by atoms with Crippen molar-refractivity contribution in [2.24, 2.45) is 0 Å². The minimum absolute atomic E-state index is 0.0266. The van der Waals surface area contributed by atoms with Crippen LogP contribution >= 0.6 is 0 Å². The Kier molecular flexibility index (Phi) is 7.74. The Labute approximate surface area is 212 Å². The number of ether oxygens (including phenoxy) is 3. The average Bonchev–Trinajstić information content (AvgIpc) is 3.31. The fraction of sp³-hybridized carbons (Fsp3) is 0.292. The lowest BCUT2D eigenvalue weighted by Crippen LogP contribution is -2.45. The topological polar surface area (TPSA) is 140 Å². The molecule has 13 heteroatoms. The van der Waals surface area contributed by atoms with Crippen molar-refractivity contribution in [1.82, 2.24) is 19.0 Å². The molecule has 0 unspecified atom stereocenters. The van der Waals surface area contributed by atoms with Gasteiger partial charge >= 0.3 is 22.3 Å². The molecule has 0 aliphatic carbocycles. The van der Waals surface area contributed by atoms with E-state index in [1.165, 1.54) is 26.2 Å². The van der Waals surface area contributed by atoms with Crippen LogP contribution in [0.25, 0.3) is 27.7 Å². The number of esters is 1. The van der Waals surface area contributed by atoms with Gasteiger partial charge < -0.3 is 19.2 Å². The molecule has 3 aromatic rings. The van der Waals surface area contributed by atoms with Gasteiger partial charge in [0.05, 0.1) is 7.11 Å². The van der Waals surface area contributed by atoms with Gasteiger partial charge in [-0.1, -0.05) is 6.08 Å². The lowest BCUT2D eigenvalue weighted by Gasteiger charge is -2.25. The summed E-state index contributed by atoms with van der Waals surface area (Å²) in [5, 5.41) is 0.760. The summed E-state index contributed by atoms with van der Waals surface area (Å²) >= 11 is 0. The zero-order chi connectivity index (χ0) is 26.6. The van der Waals surface area contributed by atoms with Crippen molar-refractivity contribution >= 4 is 38.9 Å². The maximum Gasteiger partial charge on any atom is 0.422 e. The number of aromatic nitrogens is 2. The van der Waals surface area contributed by atoms with E-state index in [-0.39, 0.29) is 26.3 Å². The van der Waals surface area contributed by atoms with Crippen LogP contribution in [0.5, 0.6) is 5.75 Å². The van der Waals surface area contributed by atoms with Crippen LogP contribution in [0.4, 0.5) is 9.18 Å². The number of methoxy groups -OCH3 is 1. The molecule has 0 atom stereocenters. The lowest BCUT2D eigenvalue weighted by molar-refractivity contribution is -0.141. The second-order valence-electron chi connectivity index (χ2n) is 8.07. The molecular weight excluding hydrogens is 507 g/mol. The first kappa shape index (κ1) is 26.1. The Balaban J connectivity index is 1.48. The summed E-state index contributed by atoms with van der Waals surface area (Å²) in [6.07, 6.45) is 2.56. The smallest absolute Gasteiger partial charge is 0.422 e. The highest BCUT2D eigenvalue weighted by Crippen LogP contribution is 2.36. The molecule has 37 heavy (non-hydrogen) atoms. The third-order valence-electron chi connectivity index (χ3n) is 5.68. The first-order valence-corrected chi connectivity index (χ1v) is 12.7. The number of amides is 1. The molecule has 0 radical (unpaired) electrons. The van der Waals surface area contributed by atoms with E-state index >= 15 is 0 Å². The summed E-state index contributed by atoms with van der Waals surface area (Å²) in [7, 11) is -2.62. The van der Waals surface area contributed by atoms with E-state index in [1.54, 1.807) is 24.4 Å². The number of nitrogens with zero attached hydrogens (tertiary/aromatic N) is 2. The molecule has 2 aromatic heterocycles. The van der Waals surface area contributed by atoms with Crippen LogP contribution in [0, 0.1) is 5.82 Å². The number of pyridine rings is 1. The molecule has 4 rings (SSSR count). The van der Waals surface area contributed by atoms with Gasteiger partial charge in [0.25, 0.3) is 0 Å². The van der Waals surface area contributed by atoms with E-state index in [9.17, 15) is 22.4 Å². The molecule has 11 nitrogen and oxygen atoms in total. The van der Waals surface area contributed by atoms with E-state index in [0.29, 0.717) is 23.4 Å². The Morgan fingerprint density at radius 3 is 2.65 bits per heavy atom. The summed E-state index contributed by atoms with van der Waals surface area (Å²) in [4.78, 5) is 30.1. The molecule has 0 spiro atoms. The van der Waals surface area contributed by atoms with Crippen LogP contribution < -0.4 is 9.46 Å². The molecule has 0 bridgehead atoms. The second-order valence-corrected chi connectivity index (χ2v) is 9.74. The largest absolute Gasteiger partial charge is 0.496 e. The number of halogens is 1. The number of benzene rings is 1. The van der Waals surface area contributed by atoms with Gasteiger partial charge in [-0.15, -0.1) is 0 Å². The Morgan fingerprint density at radius 1 is 1.16 bits per heavy atom. The van der Waals surface area contributed by atoms with Crippen molar-refractivity contribution in [3.63, 3.8) is 0 Å². The Bertz CT molecular complexity index is 1470. The van der Waals surface area contributed by atoms with E-state index in [0.717, 1.165) is 26.5 Å². The maximum atomic E-state index is 14.0. The third kappa shape index (κ3) is 6.06. The van der Waals surface area contributed by atoms with Gasteiger partial charge in [0, 0.05) is 42.9 Å². The van der Waals surface area contributed by atoms with Crippen molar-refractivity contribution in [2.75, 3.05) is 33.4 Å². The van der Waals surface area contributed by atoms with Crippen molar-refractivity contribution in [1.29, 1.82) is 0 Å². The molecule has 1 aromatic carbocycles. The maximum absolute atomic E-state index is 14.0. The molecule has 1 aliphatic heterocycles. The van der Waals surface area contributed by atoms with Crippen LogP contribution in [0.1, 0.15) is 19.0 Å². The number of carbonyl (C=O) groups is 2. The summed E-state index contributed by atoms with van der Waals surface area (Å²) < 4.78 is 56.8. The van der Waals surface area contributed by atoms with Crippen molar-refractivity contribution < 1.29 is 36.6 Å². The number of nitrogens with one attached hydrogen (secondary N) is 2. The average molecular weight is 533 g/mol. The second kappa shape index (κ2) is 11.0. The predicted molar refractivity (Wildman–Crippen MR) is 132 cm³/mol.